The Hall–Kier alpha value is -0.650. The molecule has 0 aliphatic heterocycles. The van der Waals surface area contributed by atoms with Crippen LogP contribution in [0.25, 0.3) is 0 Å². The van der Waals surface area contributed by atoms with Crippen LogP contribution in [0.1, 0.15) is 18.4 Å². The van der Waals surface area contributed by atoms with Crippen LogP contribution in [0, 0.1) is 5.82 Å². The minimum Gasteiger partial charge on any atom is -0.352 e. The normalized spacial score (nSPS) is 9.72. The van der Waals surface area contributed by atoms with E-state index in [-0.39, 0.29) is 24.1 Å². The van der Waals surface area contributed by atoms with Crippen molar-refractivity contribution in [2.75, 3.05) is 13.6 Å². The van der Waals surface area contributed by atoms with Crippen molar-refractivity contribution in [2.24, 2.45) is 0 Å². The van der Waals surface area contributed by atoms with E-state index in [2.05, 4.69) is 26.6 Å². The molecule has 2 N–H and O–H groups in total. The van der Waals surface area contributed by atoms with E-state index >= 15 is 0 Å². The molecule has 0 radical (unpaired) electrons. The summed E-state index contributed by atoms with van der Waals surface area (Å²) in [5, 5.41) is 5.73. The van der Waals surface area contributed by atoms with E-state index in [1.165, 1.54) is 6.07 Å². The third-order valence-corrected chi connectivity index (χ3v) is 2.95. The van der Waals surface area contributed by atoms with E-state index in [9.17, 15) is 9.18 Å². The van der Waals surface area contributed by atoms with Gasteiger partial charge in [-0.15, -0.1) is 12.4 Å². The van der Waals surface area contributed by atoms with Crippen molar-refractivity contribution in [3.8, 4) is 0 Å². The number of nitrogens with one attached hydrogen (secondary N) is 2. The van der Waals surface area contributed by atoms with Crippen LogP contribution in [0.2, 0.25) is 0 Å². The second-order valence-electron chi connectivity index (χ2n) is 3.73. The third kappa shape index (κ3) is 6.33. The predicted octanol–water partition coefficient (Wildman–Crippen LogP) is 2.63. The van der Waals surface area contributed by atoms with Crippen LogP contribution in [-0.2, 0) is 11.3 Å². The zero-order valence-electron chi connectivity index (χ0n) is 10.1. The van der Waals surface area contributed by atoms with Gasteiger partial charge in [-0.1, -0.05) is 6.07 Å². The van der Waals surface area contributed by atoms with Gasteiger partial charge in [0.05, 0.1) is 4.47 Å². The van der Waals surface area contributed by atoms with Crippen LogP contribution in [0.3, 0.4) is 0 Å². The van der Waals surface area contributed by atoms with Crippen LogP contribution in [0.4, 0.5) is 4.39 Å². The molecular formula is C12H17BrClFN2O. The van der Waals surface area contributed by atoms with Gasteiger partial charge in [-0.05, 0) is 53.6 Å². The molecule has 0 aliphatic rings. The van der Waals surface area contributed by atoms with Crippen LogP contribution in [0.5, 0.6) is 0 Å². The number of benzene rings is 1. The van der Waals surface area contributed by atoms with Gasteiger partial charge in [-0.2, -0.15) is 0 Å². The number of amides is 1. The SMILES string of the molecule is CNCCCC(=O)NCc1ccc(Br)c(F)c1.Cl. The van der Waals surface area contributed by atoms with Crippen LogP contribution in [-0.4, -0.2) is 19.5 Å². The van der Waals surface area contributed by atoms with Crippen molar-refractivity contribution in [3.63, 3.8) is 0 Å². The molecule has 0 aliphatic carbocycles. The Morgan fingerprint density at radius 3 is 2.78 bits per heavy atom. The third-order valence-electron chi connectivity index (χ3n) is 2.30. The van der Waals surface area contributed by atoms with Gasteiger partial charge < -0.3 is 10.6 Å². The van der Waals surface area contributed by atoms with Crippen molar-refractivity contribution in [2.45, 2.75) is 19.4 Å². The highest BCUT2D eigenvalue weighted by Crippen LogP contribution is 2.16. The van der Waals surface area contributed by atoms with Crippen molar-refractivity contribution < 1.29 is 9.18 Å². The molecule has 1 aromatic carbocycles. The van der Waals surface area contributed by atoms with Crippen molar-refractivity contribution in [1.29, 1.82) is 0 Å². The lowest BCUT2D eigenvalue weighted by Crippen LogP contribution is -2.23. The van der Waals surface area contributed by atoms with E-state index in [4.69, 9.17) is 0 Å². The fraction of sp³-hybridized carbons (Fsp3) is 0.417. The summed E-state index contributed by atoms with van der Waals surface area (Å²) in [6.45, 7) is 1.18. The first-order valence-electron chi connectivity index (χ1n) is 5.48. The first kappa shape index (κ1) is 17.4. The van der Waals surface area contributed by atoms with Gasteiger partial charge in [0.1, 0.15) is 5.82 Å². The van der Waals surface area contributed by atoms with Gasteiger partial charge in [-0.25, -0.2) is 4.39 Å². The molecule has 0 saturated heterocycles. The molecule has 0 fully saturated rings. The van der Waals surface area contributed by atoms with Gasteiger partial charge in [-0.3, -0.25) is 4.79 Å². The molecule has 0 spiro atoms. The average Bonchev–Trinajstić information content (AvgIpc) is 2.31. The molecule has 1 aromatic rings. The fourth-order valence-corrected chi connectivity index (χ4v) is 1.61. The minimum absolute atomic E-state index is 0. The monoisotopic (exact) mass is 338 g/mol. The Balaban J connectivity index is 0.00000289. The number of halogens is 3. The summed E-state index contributed by atoms with van der Waals surface area (Å²) >= 11 is 3.08. The number of hydrogen-bond acceptors (Lipinski definition) is 2. The lowest BCUT2D eigenvalue weighted by Gasteiger charge is -2.06. The summed E-state index contributed by atoms with van der Waals surface area (Å²) in [7, 11) is 1.85. The molecule has 1 amide bonds. The van der Waals surface area contributed by atoms with Crippen molar-refractivity contribution in [3.05, 3.63) is 34.1 Å². The molecule has 0 bridgehead atoms. The zero-order chi connectivity index (χ0) is 12.7. The Bertz CT molecular complexity index is 390. The molecule has 0 unspecified atom stereocenters. The van der Waals surface area contributed by atoms with E-state index in [1.54, 1.807) is 12.1 Å². The molecule has 3 nitrogen and oxygen atoms in total. The Labute approximate surface area is 121 Å². The summed E-state index contributed by atoms with van der Waals surface area (Å²) in [5.41, 5.74) is 0.757. The number of rotatable bonds is 6. The Morgan fingerprint density at radius 1 is 1.44 bits per heavy atom. The van der Waals surface area contributed by atoms with E-state index in [0.717, 1.165) is 18.5 Å². The minimum atomic E-state index is -0.313. The van der Waals surface area contributed by atoms with Gasteiger partial charge in [0.2, 0.25) is 5.91 Å². The molecule has 6 heteroatoms. The van der Waals surface area contributed by atoms with Gasteiger partial charge in [0.25, 0.3) is 0 Å². The van der Waals surface area contributed by atoms with Crippen LogP contribution < -0.4 is 10.6 Å². The number of carbonyl (C=O) groups is 1. The number of carbonyl (C=O) groups excluding carboxylic acids is 1. The second kappa shape index (κ2) is 9.30. The van der Waals surface area contributed by atoms with Gasteiger partial charge >= 0.3 is 0 Å². The largest absolute Gasteiger partial charge is 0.352 e. The summed E-state index contributed by atoms with van der Waals surface area (Å²) in [6.07, 6.45) is 1.29. The molecule has 0 saturated carbocycles. The van der Waals surface area contributed by atoms with Gasteiger partial charge in [0.15, 0.2) is 0 Å². The zero-order valence-corrected chi connectivity index (χ0v) is 12.5. The lowest BCUT2D eigenvalue weighted by molar-refractivity contribution is -0.121. The van der Waals surface area contributed by atoms with E-state index in [0.29, 0.717) is 17.4 Å². The summed E-state index contributed by atoms with van der Waals surface area (Å²) in [6, 6.07) is 4.83. The molecule has 1 rings (SSSR count). The maximum Gasteiger partial charge on any atom is 0.220 e. The summed E-state index contributed by atoms with van der Waals surface area (Å²) in [4.78, 5) is 11.4. The Kier molecular flexibility index (Phi) is 8.97. The average molecular weight is 340 g/mol. The lowest BCUT2D eigenvalue weighted by atomic mass is 10.2. The molecular weight excluding hydrogens is 322 g/mol. The molecule has 102 valence electrons. The standard InChI is InChI=1S/C12H16BrFN2O.ClH/c1-15-6-2-3-12(17)16-8-9-4-5-10(13)11(14)7-9;/h4-5,7,15H,2-3,6,8H2,1H3,(H,16,17);1H. The molecule has 0 heterocycles. The first-order valence-corrected chi connectivity index (χ1v) is 6.28. The van der Waals surface area contributed by atoms with E-state index < -0.39 is 0 Å². The smallest absolute Gasteiger partial charge is 0.220 e. The highest BCUT2D eigenvalue weighted by Gasteiger charge is 2.03. The summed E-state index contributed by atoms with van der Waals surface area (Å²) in [5.74, 6) is -0.324. The molecule has 0 aromatic heterocycles. The van der Waals surface area contributed by atoms with E-state index in [1.807, 2.05) is 7.05 Å². The topological polar surface area (TPSA) is 41.1 Å². The maximum absolute atomic E-state index is 13.2. The second-order valence-corrected chi connectivity index (χ2v) is 4.59. The highest BCUT2D eigenvalue weighted by molar-refractivity contribution is 9.10. The fourth-order valence-electron chi connectivity index (χ4n) is 1.36. The van der Waals surface area contributed by atoms with Crippen LogP contribution >= 0.6 is 28.3 Å². The van der Waals surface area contributed by atoms with Crippen molar-refractivity contribution in [1.82, 2.24) is 10.6 Å². The highest BCUT2D eigenvalue weighted by atomic mass is 79.9. The molecule has 18 heavy (non-hydrogen) atoms. The maximum atomic E-state index is 13.2. The quantitative estimate of drug-likeness (QED) is 0.782. The molecule has 0 atom stereocenters. The Morgan fingerprint density at radius 2 is 2.17 bits per heavy atom. The van der Waals surface area contributed by atoms with Crippen molar-refractivity contribution >= 4 is 34.2 Å². The van der Waals surface area contributed by atoms with Crippen LogP contribution in [0.15, 0.2) is 22.7 Å². The van der Waals surface area contributed by atoms with Gasteiger partial charge in [0, 0.05) is 13.0 Å². The predicted molar refractivity (Wildman–Crippen MR) is 76.4 cm³/mol. The summed E-state index contributed by atoms with van der Waals surface area (Å²) < 4.78 is 13.6. The first-order chi connectivity index (χ1) is 8.13. The number of hydrogen-bond donors (Lipinski definition) is 2.